The zero-order valence-corrected chi connectivity index (χ0v) is 13.0. The van der Waals surface area contributed by atoms with Gasteiger partial charge in [0.25, 0.3) is 0 Å². The van der Waals surface area contributed by atoms with E-state index in [0.717, 1.165) is 11.1 Å². The summed E-state index contributed by atoms with van der Waals surface area (Å²) in [6, 6.07) is 28.2. The Labute approximate surface area is 141 Å². The summed E-state index contributed by atoms with van der Waals surface area (Å²) in [6.45, 7) is 0. The SMILES string of the molecule is N#Cc1ccc(C=C(C(=O)c2ccccc2)c2ccccc2)cc1. The van der Waals surface area contributed by atoms with E-state index in [9.17, 15) is 4.79 Å². The fourth-order valence-corrected chi connectivity index (χ4v) is 2.46. The van der Waals surface area contributed by atoms with Crippen LogP contribution in [-0.2, 0) is 0 Å². The Bertz CT molecular complexity index is 902. The Morgan fingerprint density at radius 2 is 1.29 bits per heavy atom. The largest absolute Gasteiger partial charge is 0.289 e. The van der Waals surface area contributed by atoms with E-state index in [4.69, 9.17) is 5.26 Å². The third-order valence-corrected chi connectivity index (χ3v) is 3.72. The monoisotopic (exact) mass is 309 g/mol. The van der Waals surface area contributed by atoms with Gasteiger partial charge in [0.05, 0.1) is 11.6 Å². The van der Waals surface area contributed by atoms with Gasteiger partial charge in [0, 0.05) is 11.1 Å². The van der Waals surface area contributed by atoms with Crippen molar-refractivity contribution in [2.24, 2.45) is 0 Å². The molecule has 0 spiro atoms. The number of nitrogens with zero attached hydrogens (tertiary/aromatic N) is 1. The van der Waals surface area contributed by atoms with Crippen LogP contribution in [0.25, 0.3) is 11.6 Å². The third kappa shape index (κ3) is 3.48. The van der Waals surface area contributed by atoms with E-state index in [1.807, 2.05) is 78.9 Å². The minimum atomic E-state index is -0.0221. The zero-order valence-electron chi connectivity index (χ0n) is 13.0. The van der Waals surface area contributed by atoms with E-state index in [1.54, 1.807) is 12.1 Å². The predicted molar refractivity (Wildman–Crippen MR) is 96.2 cm³/mol. The Morgan fingerprint density at radius 1 is 0.750 bits per heavy atom. The highest BCUT2D eigenvalue weighted by molar-refractivity contribution is 6.32. The number of benzene rings is 3. The summed E-state index contributed by atoms with van der Waals surface area (Å²) in [6.07, 6.45) is 1.87. The van der Waals surface area contributed by atoms with Gasteiger partial charge in [0.1, 0.15) is 0 Å². The van der Waals surface area contributed by atoms with Crippen LogP contribution in [0.3, 0.4) is 0 Å². The first kappa shape index (κ1) is 15.5. The van der Waals surface area contributed by atoms with Gasteiger partial charge in [0.15, 0.2) is 5.78 Å². The molecule has 0 bridgehead atoms. The summed E-state index contributed by atoms with van der Waals surface area (Å²) < 4.78 is 0. The van der Waals surface area contributed by atoms with Crippen LogP contribution in [-0.4, -0.2) is 5.78 Å². The minimum Gasteiger partial charge on any atom is -0.289 e. The number of nitriles is 1. The Kier molecular flexibility index (Phi) is 4.65. The van der Waals surface area contributed by atoms with E-state index < -0.39 is 0 Å². The van der Waals surface area contributed by atoms with Gasteiger partial charge in [-0.15, -0.1) is 0 Å². The highest BCUT2D eigenvalue weighted by Gasteiger charge is 2.14. The molecular formula is C22H15NO. The van der Waals surface area contributed by atoms with Gasteiger partial charge in [-0.3, -0.25) is 4.79 Å². The van der Waals surface area contributed by atoms with Crippen molar-refractivity contribution < 1.29 is 4.79 Å². The van der Waals surface area contributed by atoms with Gasteiger partial charge in [-0.2, -0.15) is 5.26 Å². The first-order valence-corrected chi connectivity index (χ1v) is 7.65. The molecule has 114 valence electrons. The summed E-state index contributed by atoms with van der Waals surface area (Å²) >= 11 is 0. The van der Waals surface area contributed by atoms with Gasteiger partial charge in [-0.1, -0.05) is 72.8 Å². The van der Waals surface area contributed by atoms with Crippen molar-refractivity contribution >= 4 is 17.4 Å². The molecule has 0 heterocycles. The van der Waals surface area contributed by atoms with Crippen molar-refractivity contribution in [3.8, 4) is 6.07 Å². The first-order valence-electron chi connectivity index (χ1n) is 7.65. The summed E-state index contributed by atoms with van der Waals surface area (Å²) in [4.78, 5) is 13.0. The molecule has 0 saturated heterocycles. The molecule has 0 fully saturated rings. The van der Waals surface area contributed by atoms with Crippen LogP contribution < -0.4 is 0 Å². The maximum Gasteiger partial charge on any atom is 0.193 e. The van der Waals surface area contributed by atoms with Crippen molar-refractivity contribution in [2.45, 2.75) is 0 Å². The van der Waals surface area contributed by atoms with E-state index in [-0.39, 0.29) is 5.78 Å². The van der Waals surface area contributed by atoms with Crippen LogP contribution in [0.1, 0.15) is 27.0 Å². The lowest BCUT2D eigenvalue weighted by atomic mass is 9.94. The number of hydrogen-bond donors (Lipinski definition) is 0. The van der Waals surface area contributed by atoms with Crippen LogP contribution in [0.2, 0.25) is 0 Å². The summed E-state index contributed by atoms with van der Waals surface area (Å²) in [5.41, 5.74) is 3.64. The van der Waals surface area contributed by atoms with Crippen molar-refractivity contribution in [2.75, 3.05) is 0 Å². The van der Waals surface area contributed by atoms with Crippen LogP contribution >= 0.6 is 0 Å². The molecule has 0 radical (unpaired) electrons. The topological polar surface area (TPSA) is 40.9 Å². The normalized spacial score (nSPS) is 10.9. The van der Waals surface area contributed by atoms with Gasteiger partial charge in [-0.25, -0.2) is 0 Å². The number of allylic oxidation sites excluding steroid dienone is 1. The van der Waals surface area contributed by atoms with Gasteiger partial charge in [-0.05, 0) is 29.3 Å². The van der Waals surface area contributed by atoms with Crippen molar-refractivity contribution in [1.82, 2.24) is 0 Å². The standard InChI is InChI=1S/C22H15NO/c23-16-18-13-11-17(12-14-18)15-21(19-7-3-1-4-8-19)22(24)20-9-5-2-6-10-20/h1-15H. The minimum absolute atomic E-state index is 0.0221. The smallest absolute Gasteiger partial charge is 0.193 e. The molecule has 0 aliphatic rings. The third-order valence-electron chi connectivity index (χ3n) is 3.72. The van der Waals surface area contributed by atoms with Crippen LogP contribution in [0.15, 0.2) is 84.9 Å². The van der Waals surface area contributed by atoms with E-state index in [0.29, 0.717) is 16.7 Å². The molecule has 0 saturated carbocycles. The number of Topliss-reactive ketones (excluding diaryl/α,β-unsaturated/α-hetero) is 1. The highest BCUT2D eigenvalue weighted by Crippen LogP contribution is 2.23. The molecular weight excluding hydrogens is 294 g/mol. The summed E-state index contributed by atoms with van der Waals surface area (Å²) in [5, 5.41) is 8.91. The van der Waals surface area contributed by atoms with Crippen LogP contribution in [0, 0.1) is 11.3 Å². The molecule has 0 amide bonds. The lowest BCUT2D eigenvalue weighted by molar-refractivity contribution is 0.105. The lowest BCUT2D eigenvalue weighted by Gasteiger charge is -2.08. The molecule has 2 heteroatoms. The molecule has 0 aliphatic heterocycles. The summed E-state index contributed by atoms with van der Waals surface area (Å²) in [7, 11) is 0. The average Bonchev–Trinajstić information content (AvgIpc) is 2.67. The van der Waals surface area contributed by atoms with Gasteiger partial charge >= 0.3 is 0 Å². The highest BCUT2D eigenvalue weighted by atomic mass is 16.1. The number of ketones is 1. The number of carbonyl (C=O) groups is 1. The quantitative estimate of drug-likeness (QED) is 0.387. The van der Waals surface area contributed by atoms with E-state index in [1.165, 1.54) is 0 Å². The molecule has 2 nitrogen and oxygen atoms in total. The lowest BCUT2D eigenvalue weighted by Crippen LogP contribution is -2.02. The molecule has 3 rings (SSSR count). The maximum absolute atomic E-state index is 13.0. The van der Waals surface area contributed by atoms with Crippen LogP contribution in [0.4, 0.5) is 0 Å². The second kappa shape index (κ2) is 7.21. The zero-order chi connectivity index (χ0) is 16.8. The Balaban J connectivity index is 2.07. The average molecular weight is 309 g/mol. The van der Waals surface area contributed by atoms with E-state index in [2.05, 4.69) is 6.07 Å². The Morgan fingerprint density at radius 3 is 1.83 bits per heavy atom. The van der Waals surface area contributed by atoms with Gasteiger partial charge in [0.2, 0.25) is 0 Å². The second-order valence-corrected chi connectivity index (χ2v) is 5.35. The number of hydrogen-bond acceptors (Lipinski definition) is 2. The van der Waals surface area contributed by atoms with Crippen LogP contribution in [0.5, 0.6) is 0 Å². The van der Waals surface area contributed by atoms with Crippen molar-refractivity contribution in [3.63, 3.8) is 0 Å². The summed E-state index contributed by atoms with van der Waals surface area (Å²) in [5.74, 6) is -0.0221. The molecule has 0 N–H and O–H groups in total. The molecule has 0 aromatic heterocycles. The van der Waals surface area contributed by atoms with Gasteiger partial charge < -0.3 is 0 Å². The molecule has 0 aliphatic carbocycles. The Hall–Kier alpha value is -3.44. The maximum atomic E-state index is 13.0. The first-order chi connectivity index (χ1) is 11.8. The molecule has 0 atom stereocenters. The predicted octanol–water partition coefficient (Wildman–Crippen LogP) is 4.98. The fraction of sp³-hybridized carbons (Fsp3) is 0. The number of rotatable bonds is 4. The molecule has 24 heavy (non-hydrogen) atoms. The van der Waals surface area contributed by atoms with Crippen molar-refractivity contribution in [3.05, 3.63) is 107 Å². The fourth-order valence-electron chi connectivity index (χ4n) is 2.46. The molecule has 3 aromatic rings. The number of carbonyl (C=O) groups excluding carboxylic acids is 1. The molecule has 3 aromatic carbocycles. The van der Waals surface area contributed by atoms with E-state index >= 15 is 0 Å². The van der Waals surface area contributed by atoms with Crippen molar-refractivity contribution in [1.29, 1.82) is 5.26 Å². The second-order valence-electron chi connectivity index (χ2n) is 5.35. The molecule has 0 unspecified atom stereocenters.